The van der Waals surface area contributed by atoms with E-state index < -0.39 is 35.7 Å². The molecule has 0 unspecified atom stereocenters. The maximum Gasteiger partial charge on any atom is 0.337 e. The number of aldehydes is 1. The van der Waals surface area contributed by atoms with Gasteiger partial charge in [-0.25, -0.2) is 4.79 Å². The molecule has 0 saturated carbocycles. The Hall–Kier alpha value is -3.90. The van der Waals surface area contributed by atoms with Gasteiger partial charge in [-0.3, -0.25) is 14.4 Å². The number of carbonyl (C=O) groups excluding carboxylic acids is 3. The number of hydrogen-bond donors (Lipinski definition) is 4. The largest absolute Gasteiger partial charge is 0.504 e. The van der Waals surface area contributed by atoms with Crippen molar-refractivity contribution in [3.05, 3.63) is 47.2 Å². The molecule has 1 aliphatic heterocycles. The molecule has 3 atom stereocenters. The van der Waals surface area contributed by atoms with E-state index in [9.17, 15) is 29.4 Å². The molecule has 0 saturated heterocycles. The molecule has 0 radical (unpaired) electrons. The lowest BCUT2D eigenvalue weighted by Crippen LogP contribution is -2.44. The maximum absolute atomic E-state index is 12.8. The van der Waals surface area contributed by atoms with Crippen molar-refractivity contribution in [3.63, 3.8) is 0 Å². The molecule has 2 rings (SSSR count). The van der Waals surface area contributed by atoms with Crippen LogP contribution in [0.4, 0.5) is 0 Å². The number of nitrogens with one attached hydrogen (secondary N) is 1. The monoisotopic (exact) mass is 521 g/mol. The van der Waals surface area contributed by atoms with Crippen molar-refractivity contribution < 1.29 is 53.5 Å². The summed E-state index contributed by atoms with van der Waals surface area (Å²) in [6.07, 6.45) is 1.77. The highest BCUT2D eigenvalue weighted by Crippen LogP contribution is 2.45. The molecule has 1 aromatic carbocycles. The van der Waals surface area contributed by atoms with Gasteiger partial charge in [-0.1, -0.05) is 19.1 Å². The zero-order chi connectivity index (χ0) is 27.6. The lowest BCUT2D eigenvalue weighted by atomic mass is 9.71. The first-order chi connectivity index (χ1) is 17.5. The van der Waals surface area contributed by atoms with Crippen molar-refractivity contribution in [1.29, 1.82) is 0 Å². The molecule has 12 nitrogen and oxygen atoms in total. The minimum Gasteiger partial charge on any atom is -0.504 e. The van der Waals surface area contributed by atoms with Crippen LogP contribution in [0.5, 0.6) is 11.5 Å². The van der Waals surface area contributed by atoms with Crippen LogP contribution in [0, 0.1) is 5.41 Å². The molecular formula is C25H31NO11. The van der Waals surface area contributed by atoms with Gasteiger partial charge in [0, 0.05) is 23.8 Å². The molecule has 1 aliphatic rings. The minimum absolute atomic E-state index is 0.0237. The zero-order valence-electron chi connectivity index (χ0n) is 20.8. The number of rotatable bonds is 13. The second kappa shape index (κ2) is 13.4. The Balaban J connectivity index is 2.14. The molecule has 0 aliphatic carbocycles. The third-order valence-corrected chi connectivity index (χ3v) is 5.86. The summed E-state index contributed by atoms with van der Waals surface area (Å²) in [6, 6.07) is 3.33. The van der Waals surface area contributed by atoms with E-state index in [4.69, 9.17) is 24.2 Å². The molecule has 0 spiro atoms. The average Bonchev–Trinajstić information content (AvgIpc) is 2.85. The fourth-order valence-electron chi connectivity index (χ4n) is 3.81. The van der Waals surface area contributed by atoms with Crippen LogP contribution in [0.3, 0.4) is 0 Å². The molecule has 37 heavy (non-hydrogen) atoms. The van der Waals surface area contributed by atoms with Crippen molar-refractivity contribution in [2.24, 2.45) is 5.41 Å². The smallest absolute Gasteiger partial charge is 0.337 e. The van der Waals surface area contributed by atoms with Crippen LogP contribution < -0.4 is 5.48 Å². The number of benzene rings is 1. The number of phenols is 2. The summed E-state index contributed by atoms with van der Waals surface area (Å²) in [5.74, 6) is -2.99. The standard InChI is InChI=1S/C25H31NO11/c1-4-17-24(37-26-16(13-27)6-8-21(30)31)36-14-18(23(33)34-3)25(17,2)12-22(32)35-10-9-15-5-7-19(28)20(29)11-15/h4-5,7,11,13-14,16,24,26,28-29H,6,8-10,12H2,1-3H3,(H,30,31)/b17-4-/t16-,24-,25-/m0/s1. The number of phenolic OH excluding ortho intramolecular Hbond substituents is 2. The van der Waals surface area contributed by atoms with Crippen molar-refractivity contribution in [3.8, 4) is 11.5 Å². The van der Waals surface area contributed by atoms with Gasteiger partial charge in [0.25, 0.3) is 0 Å². The number of allylic oxidation sites excluding steroid dienone is 1. The Kier molecular flexibility index (Phi) is 10.6. The Labute approximate surface area is 213 Å². The normalized spacial score (nSPS) is 20.9. The highest BCUT2D eigenvalue weighted by atomic mass is 16.8. The van der Waals surface area contributed by atoms with Gasteiger partial charge in [-0.15, -0.1) is 0 Å². The van der Waals surface area contributed by atoms with E-state index in [1.54, 1.807) is 26.0 Å². The molecule has 4 N–H and O–H groups in total. The van der Waals surface area contributed by atoms with E-state index in [2.05, 4.69) is 5.48 Å². The van der Waals surface area contributed by atoms with E-state index in [-0.39, 0.29) is 49.4 Å². The summed E-state index contributed by atoms with van der Waals surface area (Å²) in [6.45, 7) is 3.24. The number of hydroxylamine groups is 1. The predicted molar refractivity (Wildman–Crippen MR) is 127 cm³/mol. The fraction of sp³-hybridized carbons (Fsp3) is 0.440. The highest BCUT2D eigenvalue weighted by molar-refractivity contribution is 5.92. The van der Waals surface area contributed by atoms with E-state index >= 15 is 0 Å². The molecule has 0 bridgehead atoms. The lowest BCUT2D eigenvalue weighted by Gasteiger charge is -2.39. The number of esters is 2. The second-order valence-corrected chi connectivity index (χ2v) is 8.45. The first-order valence-corrected chi connectivity index (χ1v) is 11.4. The van der Waals surface area contributed by atoms with Gasteiger partial charge < -0.3 is 34.3 Å². The van der Waals surface area contributed by atoms with Gasteiger partial charge in [-0.2, -0.15) is 5.48 Å². The summed E-state index contributed by atoms with van der Waals surface area (Å²) in [7, 11) is 1.19. The number of hydrogen-bond acceptors (Lipinski definition) is 11. The summed E-state index contributed by atoms with van der Waals surface area (Å²) < 4.78 is 15.7. The first kappa shape index (κ1) is 29.3. The second-order valence-electron chi connectivity index (χ2n) is 8.45. The van der Waals surface area contributed by atoms with Gasteiger partial charge in [0.1, 0.15) is 6.29 Å². The molecule has 202 valence electrons. The molecule has 12 heteroatoms. The number of carboxylic acid groups (broad SMARTS) is 1. The van der Waals surface area contributed by atoms with Gasteiger partial charge >= 0.3 is 17.9 Å². The Bertz CT molecular complexity index is 1060. The number of aliphatic carboxylic acids is 1. The number of ether oxygens (including phenoxy) is 3. The predicted octanol–water partition coefficient (Wildman–Crippen LogP) is 1.89. The van der Waals surface area contributed by atoms with Crippen molar-refractivity contribution >= 4 is 24.2 Å². The zero-order valence-corrected chi connectivity index (χ0v) is 20.8. The lowest BCUT2D eigenvalue weighted by molar-refractivity contribution is -0.161. The van der Waals surface area contributed by atoms with Gasteiger partial charge in [-0.05, 0) is 31.0 Å². The molecular weight excluding hydrogens is 490 g/mol. The molecule has 1 heterocycles. The van der Waals surface area contributed by atoms with E-state index in [0.29, 0.717) is 17.4 Å². The summed E-state index contributed by atoms with van der Waals surface area (Å²) in [5.41, 5.74) is 2.25. The highest BCUT2D eigenvalue weighted by Gasteiger charge is 2.47. The van der Waals surface area contributed by atoms with Crippen LogP contribution >= 0.6 is 0 Å². The number of carboxylic acids is 1. The SMILES string of the molecule is C/C=C1/[C@H](ON[C@H](C=O)CCC(=O)O)OC=C(C(=O)OC)[C@@]1(C)CC(=O)OCCc1ccc(O)c(O)c1. The topological polar surface area (TPSA) is 178 Å². The van der Waals surface area contributed by atoms with Crippen LogP contribution in [-0.2, 0) is 44.6 Å². The molecule has 0 amide bonds. The number of methoxy groups -OCH3 is 1. The minimum atomic E-state index is -1.27. The van der Waals surface area contributed by atoms with Crippen LogP contribution in [0.1, 0.15) is 38.7 Å². The maximum atomic E-state index is 12.8. The number of carbonyl (C=O) groups is 4. The van der Waals surface area contributed by atoms with Crippen molar-refractivity contribution in [2.75, 3.05) is 13.7 Å². The van der Waals surface area contributed by atoms with E-state index in [1.165, 1.54) is 19.2 Å². The summed E-state index contributed by atoms with van der Waals surface area (Å²) >= 11 is 0. The Morgan fingerprint density at radius 2 is 1.97 bits per heavy atom. The van der Waals surface area contributed by atoms with E-state index in [0.717, 1.165) is 6.26 Å². The van der Waals surface area contributed by atoms with Crippen LogP contribution in [0.2, 0.25) is 0 Å². The van der Waals surface area contributed by atoms with Gasteiger partial charge in [0.05, 0.1) is 38.0 Å². The molecule has 1 aromatic rings. The number of aromatic hydroxyl groups is 2. The summed E-state index contributed by atoms with van der Waals surface area (Å²) in [4.78, 5) is 52.9. The van der Waals surface area contributed by atoms with Gasteiger partial charge in [0.15, 0.2) is 11.5 Å². The average molecular weight is 522 g/mol. The third-order valence-electron chi connectivity index (χ3n) is 5.86. The fourth-order valence-corrected chi connectivity index (χ4v) is 3.81. The van der Waals surface area contributed by atoms with Crippen LogP contribution in [0.15, 0.2) is 41.7 Å². The molecule has 0 fully saturated rings. The van der Waals surface area contributed by atoms with E-state index in [1.807, 2.05) is 0 Å². The molecule has 0 aromatic heterocycles. The first-order valence-electron chi connectivity index (χ1n) is 11.4. The van der Waals surface area contributed by atoms with Crippen LogP contribution in [0.25, 0.3) is 0 Å². The van der Waals surface area contributed by atoms with Crippen molar-refractivity contribution in [1.82, 2.24) is 5.48 Å². The van der Waals surface area contributed by atoms with Crippen molar-refractivity contribution in [2.45, 2.75) is 51.9 Å². The summed E-state index contributed by atoms with van der Waals surface area (Å²) in [5, 5.41) is 27.8. The van der Waals surface area contributed by atoms with Crippen LogP contribution in [-0.4, -0.2) is 65.6 Å². The third kappa shape index (κ3) is 7.79. The quantitative estimate of drug-likeness (QED) is 0.0975. The Morgan fingerprint density at radius 1 is 1.24 bits per heavy atom. The Morgan fingerprint density at radius 3 is 2.57 bits per heavy atom. The van der Waals surface area contributed by atoms with Gasteiger partial charge in [0.2, 0.25) is 6.29 Å².